The number of rotatable bonds is 10. The highest BCUT2D eigenvalue weighted by Crippen LogP contribution is 2.30. The van der Waals surface area contributed by atoms with Crippen LogP contribution in [0.15, 0.2) is 47.5 Å². The highest BCUT2D eigenvalue weighted by Gasteiger charge is 2.11. The van der Waals surface area contributed by atoms with Crippen molar-refractivity contribution < 1.29 is 23.0 Å². The molecule has 6 nitrogen and oxygen atoms in total. The number of nitrogens with one attached hydrogen (secondary N) is 2. The maximum atomic E-state index is 12.5. The largest absolute Gasteiger partial charge is 0.497 e. The Labute approximate surface area is 193 Å². The lowest BCUT2D eigenvalue weighted by Crippen LogP contribution is -2.36. The number of hydrogen-bond donors (Lipinski definition) is 2. The lowest BCUT2D eigenvalue weighted by Gasteiger charge is -2.13. The van der Waals surface area contributed by atoms with E-state index in [1.165, 1.54) is 6.07 Å². The van der Waals surface area contributed by atoms with Crippen molar-refractivity contribution in [3.8, 4) is 17.2 Å². The fourth-order valence-corrected chi connectivity index (χ4v) is 2.55. The number of alkyl halides is 2. The molecule has 166 valence electrons. The standard InChI is InChI=1S/C21H27F2N3O3.HI/c1-4-24-21(25-13-15-6-9-17(27-3)10-7-15)26-14-16-8-11-18(29-20(22)23)19(12-16)28-5-2;/h6-12,20H,4-5,13-14H2,1-3H3,(H2,24,25,26);1H. The molecule has 0 saturated carbocycles. The van der Waals surface area contributed by atoms with Gasteiger partial charge in [-0.25, -0.2) is 4.99 Å². The van der Waals surface area contributed by atoms with E-state index in [-0.39, 0.29) is 35.5 Å². The monoisotopic (exact) mass is 535 g/mol. The first kappa shape index (κ1) is 25.7. The molecule has 2 aromatic carbocycles. The molecule has 2 aromatic rings. The summed E-state index contributed by atoms with van der Waals surface area (Å²) < 4.78 is 40.1. The number of methoxy groups -OCH3 is 1. The third kappa shape index (κ3) is 8.60. The van der Waals surface area contributed by atoms with E-state index < -0.39 is 6.61 Å². The minimum absolute atomic E-state index is 0. The summed E-state index contributed by atoms with van der Waals surface area (Å²) in [6.07, 6.45) is 0. The zero-order valence-electron chi connectivity index (χ0n) is 17.3. The molecule has 0 aliphatic heterocycles. The van der Waals surface area contributed by atoms with Crippen LogP contribution >= 0.6 is 24.0 Å². The molecule has 30 heavy (non-hydrogen) atoms. The zero-order chi connectivity index (χ0) is 21.1. The maximum Gasteiger partial charge on any atom is 0.387 e. The quantitative estimate of drug-likeness (QED) is 0.265. The van der Waals surface area contributed by atoms with Gasteiger partial charge in [-0.1, -0.05) is 18.2 Å². The van der Waals surface area contributed by atoms with E-state index in [1.807, 2.05) is 31.2 Å². The van der Waals surface area contributed by atoms with Crippen molar-refractivity contribution in [2.24, 2.45) is 4.99 Å². The van der Waals surface area contributed by atoms with Crippen LogP contribution in [0.4, 0.5) is 8.78 Å². The van der Waals surface area contributed by atoms with E-state index in [2.05, 4.69) is 20.4 Å². The number of nitrogens with zero attached hydrogens (tertiary/aromatic N) is 1. The van der Waals surface area contributed by atoms with Crippen LogP contribution < -0.4 is 24.8 Å². The Morgan fingerprint density at radius 1 is 1.00 bits per heavy atom. The van der Waals surface area contributed by atoms with Crippen molar-refractivity contribution in [1.29, 1.82) is 0 Å². The van der Waals surface area contributed by atoms with Gasteiger partial charge in [0.25, 0.3) is 0 Å². The van der Waals surface area contributed by atoms with Crippen LogP contribution in [0.3, 0.4) is 0 Å². The van der Waals surface area contributed by atoms with Gasteiger partial charge < -0.3 is 24.8 Å². The molecular formula is C21H28F2IN3O3. The Morgan fingerprint density at radius 3 is 2.30 bits per heavy atom. The molecule has 2 N–H and O–H groups in total. The first-order valence-electron chi connectivity index (χ1n) is 9.41. The average molecular weight is 535 g/mol. The summed E-state index contributed by atoms with van der Waals surface area (Å²) in [7, 11) is 1.63. The van der Waals surface area contributed by atoms with Gasteiger partial charge >= 0.3 is 6.61 Å². The van der Waals surface area contributed by atoms with E-state index in [4.69, 9.17) is 9.47 Å². The van der Waals surface area contributed by atoms with Gasteiger partial charge in [-0.05, 0) is 49.2 Å². The van der Waals surface area contributed by atoms with Gasteiger partial charge in [0, 0.05) is 13.1 Å². The van der Waals surface area contributed by atoms with Gasteiger partial charge in [0.2, 0.25) is 0 Å². The van der Waals surface area contributed by atoms with Crippen LogP contribution in [-0.4, -0.2) is 32.8 Å². The second-order valence-electron chi connectivity index (χ2n) is 5.99. The van der Waals surface area contributed by atoms with Crippen LogP contribution in [0.25, 0.3) is 0 Å². The van der Waals surface area contributed by atoms with Crippen molar-refractivity contribution >= 4 is 29.9 Å². The third-order valence-electron chi connectivity index (χ3n) is 3.91. The van der Waals surface area contributed by atoms with Gasteiger partial charge in [0.1, 0.15) is 5.75 Å². The van der Waals surface area contributed by atoms with Crippen LogP contribution in [0.1, 0.15) is 25.0 Å². The number of aliphatic imine (C=N–C) groups is 1. The molecule has 0 bridgehead atoms. The predicted octanol–water partition coefficient (Wildman–Crippen LogP) is 4.57. The number of ether oxygens (including phenoxy) is 3. The first-order chi connectivity index (χ1) is 14.0. The SMILES string of the molecule is CCNC(=NCc1ccc(OC(F)F)c(OCC)c1)NCc1ccc(OC)cc1.I. The third-order valence-corrected chi connectivity index (χ3v) is 3.91. The molecule has 0 aliphatic rings. The van der Waals surface area contributed by atoms with E-state index in [0.717, 1.165) is 16.9 Å². The summed E-state index contributed by atoms with van der Waals surface area (Å²) in [6.45, 7) is 2.87. The molecule has 0 fully saturated rings. The highest BCUT2D eigenvalue weighted by molar-refractivity contribution is 14.0. The number of guanidine groups is 1. The van der Waals surface area contributed by atoms with Crippen molar-refractivity contribution in [1.82, 2.24) is 10.6 Å². The lowest BCUT2D eigenvalue weighted by molar-refractivity contribution is -0.0514. The summed E-state index contributed by atoms with van der Waals surface area (Å²) in [5, 5.41) is 6.45. The molecule has 0 heterocycles. The molecule has 0 atom stereocenters. The topological polar surface area (TPSA) is 64.1 Å². The van der Waals surface area contributed by atoms with E-state index >= 15 is 0 Å². The molecule has 2 rings (SSSR count). The summed E-state index contributed by atoms with van der Waals surface area (Å²) in [6, 6.07) is 12.6. The van der Waals surface area contributed by atoms with Gasteiger partial charge in [-0.2, -0.15) is 8.78 Å². The van der Waals surface area contributed by atoms with Crippen molar-refractivity contribution in [2.45, 2.75) is 33.5 Å². The first-order valence-corrected chi connectivity index (χ1v) is 9.41. The lowest BCUT2D eigenvalue weighted by atomic mass is 10.2. The van der Waals surface area contributed by atoms with Crippen molar-refractivity contribution in [3.05, 3.63) is 53.6 Å². The normalized spacial score (nSPS) is 10.9. The zero-order valence-corrected chi connectivity index (χ0v) is 19.6. The Bertz CT molecular complexity index is 790. The Hall–Kier alpha value is -2.30. The predicted molar refractivity (Wildman–Crippen MR) is 124 cm³/mol. The summed E-state index contributed by atoms with van der Waals surface area (Å²) in [5.74, 6) is 1.74. The molecule has 0 radical (unpaired) electrons. The number of halogens is 3. The molecule has 0 spiro atoms. The summed E-state index contributed by atoms with van der Waals surface area (Å²) >= 11 is 0. The molecule has 9 heteroatoms. The summed E-state index contributed by atoms with van der Waals surface area (Å²) in [5.41, 5.74) is 1.90. The fraction of sp³-hybridized carbons (Fsp3) is 0.381. The number of benzene rings is 2. The van der Waals surface area contributed by atoms with Gasteiger partial charge in [0.15, 0.2) is 17.5 Å². The molecule has 0 saturated heterocycles. The molecular weight excluding hydrogens is 507 g/mol. The Kier molecular flexibility index (Phi) is 11.9. The smallest absolute Gasteiger partial charge is 0.387 e. The minimum Gasteiger partial charge on any atom is -0.497 e. The molecule has 0 unspecified atom stereocenters. The Morgan fingerprint density at radius 2 is 1.70 bits per heavy atom. The second-order valence-corrected chi connectivity index (χ2v) is 5.99. The van der Waals surface area contributed by atoms with Crippen LogP contribution in [0.5, 0.6) is 17.2 Å². The van der Waals surface area contributed by atoms with E-state index in [0.29, 0.717) is 32.2 Å². The summed E-state index contributed by atoms with van der Waals surface area (Å²) in [4.78, 5) is 4.55. The van der Waals surface area contributed by atoms with Crippen LogP contribution in [0, 0.1) is 0 Å². The van der Waals surface area contributed by atoms with E-state index in [9.17, 15) is 8.78 Å². The fourth-order valence-electron chi connectivity index (χ4n) is 2.55. The number of hydrogen-bond acceptors (Lipinski definition) is 4. The molecule has 0 aliphatic carbocycles. The van der Waals surface area contributed by atoms with E-state index in [1.54, 1.807) is 26.2 Å². The highest BCUT2D eigenvalue weighted by atomic mass is 127. The second kappa shape index (κ2) is 13.8. The maximum absolute atomic E-state index is 12.5. The van der Waals surface area contributed by atoms with Gasteiger partial charge in [-0.15, -0.1) is 24.0 Å². The van der Waals surface area contributed by atoms with Crippen molar-refractivity contribution in [3.63, 3.8) is 0 Å². The van der Waals surface area contributed by atoms with Gasteiger partial charge in [-0.3, -0.25) is 0 Å². The Balaban J connectivity index is 0.00000450. The minimum atomic E-state index is -2.90. The molecule has 0 aromatic heterocycles. The van der Waals surface area contributed by atoms with Crippen LogP contribution in [-0.2, 0) is 13.1 Å². The molecule has 0 amide bonds. The average Bonchev–Trinajstić information content (AvgIpc) is 2.72. The van der Waals surface area contributed by atoms with Crippen LogP contribution in [0.2, 0.25) is 0 Å². The van der Waals surface area contributed by atoms with Crippen molar-refractivity contribution in [2.75, 3.05) is 20.3 Å². The van der Waals surface area contributed by atoms with Gasteiger partial charge in [0.05, 0.1) is 20.3 Å².